The molecule has 1 atom stereocenters. The van der Waals surface area contributed by atoms with Gasteiger partial charge in [0, 0.05) is 0 Å². The van der Waals surface area contributed by atoms with Gasteiger partial charge in [0.2, 0.25) is 0 Å². The van der Waals surface area contributed by atoms with Crippen LogP contribution in [0.1, 0.15) is 21.6 Å². The molecule has 2 heterocycles. The van der Waals surface area contributed by atoms with Crippen molar-refractivity contribution in [1.82, 2.24) is 4.98 Å². The molecule has 1 saturated heterocycles. The van der Waals surface area contributed by atoms with E-state index in [-0.39, 0.29) is 0 Å². The molecule has 1 fully saturated rings. The maximum atomic E-state index is 5.79. The Bertz CT molecular complexity index is 299. The van der Waals surface area contributed by atoms with Gasteiger partial charge in [0.25, 0.3) is 0 Å². The number of nitrogens with one attached hydrogen (secondary N) is 1. The van der Waals surface area contributed by atoms with Crippen molar-refractivity contribution in [1.29, 1.82) is 0 Å². The molecule has 66 valence electrons. The number of nitrogens with zero attached hydrogens (tertiary/aromatic N) is 1. The topological polar surface area (TPSA) is 27.0 Å². The second kappa shape index (κ2) is 3.46. The summed E-state index contributed by atoms with van der Waals surface area (Å²) in [5, 5.41) is 0.520. The first-order chi connectivity index (χ1) is 5.77. The zero-order chi connectivity index (χ0) is 8.55. The average Bonchev–Trinajstić information content (AvgIpc) is 1.93. The molecule has 1 aliphatic rings. The molecule has 1 aromatic rings. The maximum absolute atomic E-state index is 5.79. The van der Waals surface area contributed by atoms with Gasteiger partial charge in [0.15, 0.2) is 0 Å². The SMILES string of the molecule is Cc1c[nH+]c(Cl)nc1C1CC[I-]1. The van der Waals surface area contributed by atoms with Gasteiger partial charge in [0.1, 0.15) is 0 Å². The van der Waals surface area contributed by atoms with Crippen molar-refractivity contribution in [2.45, 2.75) is 17.3 Å². The minimum absolute atomic E-state index is 0.382. The molecular weight excluding hydrogens is 286 g/mol. The molecular formula is C8H10ClIN2. The number of aryl methyl sites for hydroxylation is 1. The number of alkyl halides is 2. The van der Waals surface area contributed by atoms with Gasteiger partial charge in [-0.1, -0.05) is 0 Å². The third kappa shape index (κ3) is 1.57. The second-order valence-corrected chi connectivity index (χ2v) is 6.68. The fourth-order valence-electron chi connectivity index (χ4n) is 1.21. The Kier molecular flexibility index (Phi) is 2.50. The summed E-state index contributed by atoms with van der Waals surface area (Å²) in [6.45, 7) is 2.09. The van der Waals surface area contributed by atoms with Gasteiger partial charge in [0.05, 0.1) is 0 Å². The summed E-state index contributed by atoms with van der Waals surface area (Å²) in [6, 6.07) is 0. The van der Waals surface area contributed by atoms with Crippen LogP contribution in [0, 0.1) is 6.92 Å². The van der Waals surface area contributed by atoms with Crippen LogP contribution >= 0.6 is 11.6 Å². The number of halogens is 2. The molecule has 0 amide bonds. The summed E-state index contributed by atoms with van der Waals surface area (Å²) in [7, 11) is 0. The van der Waals surface area contributed by atoms with Crippen LogP contribution in [0.5, 0.6) is 0 Å². The van der Waals surface area contributed by atoms with E-state index in [9.17, 15) is 0 Å². The van der Waals surface area contributed by atoms with E-state index in [4.69, 9.17) is 11.6 Å². The van der Waals surface area contributed by atoms with E-state index >= 15 is 0 Å². The van der Waals surface area contributed by atoms with E-state index in [0.717, 1.165) is 3.92 Å². The first-order valence-electron chi connectivity index (χ1n) is 3.90. The van der Waals surface area contributed by atoms with Crippen LogP contribution in [0.4, 0.5) is 0 Å². The fourth-order valence-corrected chi connectivity index (χ4v) is 3.65. The summed E-state index contributed by atoms with van der Waals surface area (Å²) < 4.78 is 2.22. The Morgan fingerprint density at radius 1 is 1.75 bits per heavy atom. The standard InChI is InChI=1S/C8H9ClIN2/c1-5-4-11-8(9)12-7(5)6-2-3-10-6/h4,6H,2-3H2,1H3/q-1/p+1. The van der Waals surface area contributed by atoms with E-state index < -0.39 is 0 Å². The molecule has 0 aliphatic carbocycles. The Morgan fingerprint density at radius 2 is 2.50 bits per heavy atom. The van der Waals surface area contributed by atoms with Crippen LogP contribution in [-0.4, -0.2) is 9.41 Å². The van der Waals surface area contributed by atoms with Crippen molar-refractivity contribution in [3.8, 4) is 0 Å². The van der Waals surface area contributed by atoms with Crippen molar-refractivity contribution in [3.63, 3.8) is 0 Å². The van der Waals surface area contributed by atoms with E-state index in [1.165, 1.54) is 22.1 Å². The van der Waals surface area contributed by atoms with Crippen molar-refractivity contribution in [2.75, 3.05) is 4.43 Å². The number of aromatic amines is 1. The summed E-state index contributed by atoms with van der Waals surface area (Å²) in [6.07, 6.45) is 3.27. The van der Waals surface area contributed by atoms with E-state index in [2.05, 4.69) is 16.9 Å². The van der Waals surface area contributed by atoms with Crippen molar-refractivity contribution in [3.05, 3.63) is 22.7 Å². The molecule has 2 nitrogen and oxygen atoms in total. The van der Waals surface area contributed by atoms with Crippen LogP contribution in [0.3, 0.4) is 0 Å². The van der Waals surface area contributed by atoms with E-state index in [1.54, 1.807) is 0 Å². The molecule has 0 saturated carbocycles. The minimum atomic E-state index is 0.382. The number of hydrogen-bond acceptors (Lipinski definition) is 1. The molecule has 0 radical (unpaired) electrons. The van der Waals surface area contributed by atoms with Crippen LogP contribution in [0.15, 0.2) is 6.20 Å². The van der Waals surface area contributed by atoms with Crippen molar-refractivity contribution < 1.29 is 26.2 Å². The number of H-pyrrole nitrogens is 1. The van der Waals surface area contributed by atoms with Gasteiger partial charge < -0.3 is 0 Å². The normalized spacial score (nSPS) is 22.7. The van der Waals surface area contributed by atoms with Crippen LogP contribution in [0.2, 0.25) is 5.28 Å². The summed E-state index contributed by atoms with van der Waals surface area (Å²) >= 11 is 6.17. The molecule has 1 aromatic heterocycles. The summed E-state index contributed by atoms with van der Waals surface area (Å²) in [5.41, 5.74) is 2.49. The fraction of sp³-hybridized carbons (Fsp3) is 0.500. The Labute approximate surface area is 87.0 Å². The third-order valence-electron chi connectivity index (χ3n) is 1.99. The summed E-state index contributed by atoms with van der Waals surface area (Å²) in [5.74, 6) is 0. The van der Waals surface area contributed by atoms with Gasteiger partial charge >= 0.3 is 87.2 Å². The number of hydrogen-bond donors (Lipinski definition) is 0. The molecule has 1 unspecified atom stereocenters. The first kappa shape index (κ1) is 8.69. The summed E-state index contributed by atoms with van der Waals surface area (Å²) in [4.78, 5) is 7.24. The molecule has 0 bridgehead atoms. The first-order valence-corrected chi connectivity index (χ1v) is 7.05. The van der Waals surface area contributed by atoms with Crippen molar-refractivity contribution in [2.24, 2.45) is 0 Å². The predicted molar refractivity (Wildman–Crippen MR) is 42.8 cm³/mol. The zero-order valence-corrected chi connectivity index (χ0v) is 9.69. The number of aromatic nitrogens is 2. The van der Waals surface area contributed by atoms with Gasteiger partial charge in [-0.2, -0.15) is 0 Å². The Balaban J connectivity index is 2.34. The molecule has 1 aliphatic heterocycles. The molecule has 0 aromatic carbocycles. The van der Waals surface area contributed by atoms with Gasteiger partial charge in [-0.15, -0.1) is 0 Å². The predicted octanol–water partition coefficient (Wildman–Crippen LogP) is -1.61. The van der Waals surface area contributed by atoms with Crippen LogP contribution < -0.4 is 26.2 Å². The zero-order valence-electron chi connectivity index (χ0n) is 6.77. The monoisotopic (exact) mass is 296 g/mol. The Hall–Kier alpha value is 0.1000. The van der Waals surface area contributed by atoms with Gasteiger partial charge in [-0.05, 0) is 0 Å². The number of rotatable bonds is 1. The molecule has 0 spiro atoms. The van der Waals surface area contributed by atoms with E-state index in [0.29, 0.717) is 26.5 Å². The second-order valence-electron chi connectivity index (χ2n) is 2.86. The van der Waals surface area contributed by atoms with Crippen molar-refractivity contribution >= 4 is 11.6 Å². The van der Waals surface area contributed by atoms with Gasteiger partial charge in [-0.25, -0.2) is 0 Å². The molecule has 4 heteroatoms. The molecule has 2 rings (SSSR count). The molecule has 12 heavy (non-hydrogen) atoms. The van der Waals surface area contributed by atoms with E-state index in [1.807, 2.05) is 6.20 Å². The molecule has 1 N–H and O–H groups in total. The Morgan fingerprint density at radius 3 is 3.08 bits per heavy atom. The van der Waals surface area contributed by atoms with Gasteiger partial charge in [-0.3, -0.25) is 0 Å². The quantitative estimate of drug-likeness (QED) is 0.348. The average molecular weight is 297 g/mol. The van der Waals surface area contributed by atoms with Crippen LogP contribution in [-0.2, 0) is 0 Å². The third-order valence-corrected chi connectivity index (χ3v) is 5.70. The van der Waals surface area contributed by atoms with Crippen LogP contribution in [0.25, 0.3) is 0 Å².